The molecular formula is C34H28N2OS. The van der Waals surface area contributed by atoms with E-state index in [-0.39, 0.29) is 11.2 Å². The molecule has 6 aromatic rings. The van der Waals surface area contributed by atoms with Crippen LogP contribution >= 0.6 is 11.3 Å². The molecule has 0 amide bonds. The summed E-state index contributed by atoms with van der Waals surface area (Å²) in [7, 11) is 0. The number of aromatic hydroxyl groups is 1. The van der Waals surface area contributed by atoms with Gasteiger partial charge in [0, 0.05) is 17.3 Å². The van der Waals surface area contributed by atoms with Gasteiger partial charge in [-0.05, 0) is 82.3 Å². The molecule has 4 aromatic carbocycles. The van der Waals surface area contributed by atoms with E-state index < -0.39 is 0 Å². The molecule has 0 spiro atoms. The van der Waals surface area contributed by atoms with Crippen LogP contribution in [-0.2, 0) is 5.41 Å². The van der Waals surface area contributed by atoms with Gasteiger partial charge in [-0.25, -0.2) is 4.98 Å². The van der Waals surface area contributed by atoms with Gasteiger partial charge in [0.1, 0.15) is 10.8 Å². The van der Waals surface area contributed by atoms with Crippen LogP contribution in [0.1, 0.15) is 26.3 Å². The second kappa shape index (κ2) is 9.55. The average Bonchev–Trinajstić information content (AvgIpc) is 3.37. The molecule has 0 atom stereocenters. The van der Waals surface area contributed by atoms with Crippen molar-refractivity contribution in [2.45, 2.75) is 26.2 Å². The van der Waals surface area contributed by atoms with Gasteiger partial charge in [0.25, 0.3) is 0 Å². The van der Waals surface area contributed by atoms with E-state index in [2.05, 4.69) is 80.4 Å². The van der Waals surface area contributed by atoms with Crippen LogP contribution in [0.4, 0.5) is 0 Å². The van der Waals surface area contributed by atoms with Gasteiger partial charge < -0.3 is 5.11 Å². The van der Waals surface area contributed by atoms with Crippen LogP contribution in [-0.4, -0.2) is 15.1 Å². The second-order valence-corrected chi connectivity index (χ2v) is 11.6. The van der Waals surface area contributed by atoms with E-state index in [0.29, 0.717) is 0 Å². The largest absolute Gasteiger partial charge is 0.507 e. The van der Waals surface area contributed by atoms with Crippen molar-refractivity contribution in [2.75, 3.05) is 0 Å². The summed E-state index contributed by atoms with van der Waals surface area (Å²) in [6.07, 6.45) is 1.83. The summed E-state index contributed by atoms with van der Waals surface area (Å²) in [5.41, 5.74) is 9.37. The first-order chi connectivity index (χ1) is 18.4. The first kappa shape index (κ1) is 24.1. The molecule has 4 heteroatoms. The van der Waals surface area contributed by atoms with Crippen LogP contribution in [0.15, 0.2) is 109 Å². The van der Waals surface area contributed by atoms with Crippen molar-refractivity contribution in [1.29, 1.82) is 0 Å². The zero-order valence-electron chi connectivity index (χ0n) is 21.6. The van der Waals surface area contributed by atoms with Gasteiger partial charge in [-0.15, -0.1) is 11.3 Å². The summed E-state index contributed by atoms with van der Waals surface area (Å²) < 4.78 is 1.11. The molecule has 6 rings (SSSR count). The number of phenols is 1. The second-order valence-electron chi connectivity index (χ2n) is 10.5. The third-order valence-corrected chi connectivity index (χ3v) is 7.84. The minimum atomic E-state index is -0.0389. The lowest BCUT2D eigenvalue weighted by Crippen LogP contribution is -2.11. The van der Waals surface area contributed by atoms with E-state index in [1.54, 1.807) is 17.4 Å². The SMILES string of the molecule is CC(C)(C)c1cc(-c2cc(-c3ccccc3)cc(-c3ccccn3)c2)c2nc(-c3ccccc3O)sc2c1. The van der Waals surface area contributed by atoms with Gasteiger partial charge in [-0.2, -0.15) is 0 Å². The first-order valence-corrected chi connectivity index (χ1v) is 13.5. The van der Waals surface area contributed by atoms with E-state index in [4.69, 9.17) is 4.98 Å². The van der Waals surface area contributed by atoms with Crippen molar-refractivity contribution in [2.24, 2.45) is 0 Å². The maximum absolute atomic E-state index is 10.5. The Kier molecular flexibility index (Phi) is 6.05. The highest BCUT2D eigenvalue weighted by atomic mass is 32.1. The lowest BCUT2D eigenvalue weighted by atomic mass is 9.84. The van der Waals surface area contributed by atoms with Crippen LogP contribution in [0.3, 0.4) is 0 Å². The maximum atomic E-state index is 10.5. The molecule has 0 unspecified atom stereocenters. The van der Waals surface area contributed by atoms with Crippen molar-refractivity contribution in [1.82, 2.24) is 9.97 Å². The van der Waals surface area contributed by atoms with E-state index in [9.17, 15) is 5.11 Å². The molecular weight excluding hydrogens is 484 g/mol. The van der Waals surface area contributed by atoms with Gasteiger partial charge in [0.2, 0.25) is 0 Å². The number of para-hydroxylation sites is 1. The topological polar surface area (TPSA) is 46.0 Å². The number of aromatic nitrogens is 2. The summed E-state index contributed by atoms with van der Waals surface area (Å²) in [6.45, 7) is 6.72. The van der Waals surface area contributed by atoms with Crippen molar-refractivity contribution >= 4 is 21.6 Å². The highest BCUT2D eigenvalue weighted by molar-refractivity contribution is 7.21. The number of benzene rings is 4. The number of phenolic OH excluding ortho intramolecular Hbond substituents is 1. The number of rotatable bonds is 4. The molecule has 0 aliphatic carbocycles. The Morgan fingerprint density at radius 2 is 1.37 bits per heavy atom. The Morgan fingerprint density at radius 3 is 2.11 bits per heavy atom. The monoisotopic (exact) mass is 512 g/mol. The molecule has 0 fully saturated rings. The molecule has 2 heterocycles. The van der Waals surface area contributed by atoms with E-state index >= 15 is 0 Å². The molecule has 1 N–H and O–H groups in total. The lowest BCUT2D eigenvalue weighted by molar-refractivity contribution is 0.477. The highest BCUT2D eigenvalue weighted by Gasteiger charge is 2.21. The minimum Gasteiger partial charge on any atom is -0.507 e. The predicted octanol–water partition coefficient (Wildman–Crippen LogP) is 9.36. The molecule has 0 aliphatic heterocycles. The third kappa shape index (κ3) is 4.59. The van der Waals surface area contributed by atoms with Crippen LogP contribution in [0.5, 0.6) is 5.75 Å². The molecule has 3 nitrogen and oxygen atoms in total. The third-order valence-electron chi connectivity index (χ3n) is 6.81. The average molecular weight is 513 g/mol. The Morgan fingerprint density at radius 1 is 0.658 bits per heavy atom. The van der Waals surface area contributed by atoms with Crippen LogP contribution in [0.2, 0.25) is 0 Å². The minimum absolute atomic E-state index is 0.0389. The molecule has 38 heavy (non-hydrogen) atoms. The van der Waals surface area contributed by atoms with Crippen LogP contribution in [0, 0.1) is 0 Å². The summed E-state index contributed by atoms with van der Waals surface area (Å²) in [4.78, 5) is 9.74. The summed E-state index contributed by atoms with van der Waals surface area (Å²) in [5, 5.41) is 11.4. The standard InChI is InChI=1S/C34H28N2OS/c1-34(2,3)26-20-28(32-31(21-26)38-33(36-32)27-13-7-8-15-30(27)37)24-17-23(22-11-5-4-6-12-22)18-25(19-24)29-14-9-10-16-35-29/h4-21,37H,1-3H3. The van der Waals surface area contributed by atoms with E-state index in [1.165, 1.54) is 5.56 Å². The summed E-state index contributed by atoms with van der Waals surface area (Å²) in [6, 6.07) is 35.1. The van der Waals surface area contributed by atoms with Crippen LogP contribution in [0.25, 0.3) is 54.3 Å². The molecule has 0 saturated heterocycles. The quantitative estimate of drug-likeness (QED) is 0.256. The van der Waals surface area contributed by atoms with Crippen molar-refractivity contribution in [3.8, 4) is 49.8 Å². The van der Waals surface area contributed by atoms with Gasteiger partial charge >= 0.3 is 0 Å². The van der Waals surface area contributed by atoms with Gasteiger partial charge in [0.15, 0.2) is 0 Å². The molecule has 0 bridgehead atoms. The Hall–Kier alpha value is -4.28. The molecule has 0 radical (unpaired) electrons. The fraction of sp³-hybridized carbons (Fsp3) is 0.118. The van der Waals surface area contributed by atoms with E-state index in [0.717, 1.165) is 54.3 Å². The lowest BCUT2D eigenvalue weighted by Gasteiger charge is -2.21. The van der Waals surface area contributed by atoms with Crippen molar-refractivity contribution in [3.63, 3.8) is 0 Å². The first-order valence-electron chi connectivity index (χ1n) is 12.7. The number of pyridine rings is 1. The van der Waals surface area contributed by atoms with E-state index in [1.807, 2.05) is 48.7 Å². The van der Waals surface area contributed by atoms with Crippen molar-refractivity contribution < 1.29 is 5.11 Å². The van der Waals surface area contributed by atoms with Crippen LogP contribution < -0.4 is 0 Å². The Bertz CT molecular complexity index is 1690. The summed E-state index contributed by atoms with van der Waals surface area (Å²) >= 11 is 1.62. The molecule has 0 aliphatic rings. The van der Waals surface area contributed by atoms with Crippen molar-refractivity contribution in [3.05, 3.63) is 115 Å². The zero-order valence-corrected chi connectivity index (χ0v) is 22.5. The smallest absolute Gasteiger partial charge is 0.128 e. The molecule has 0 saturated carbocycles. The Labute approximate surface area is 227 Å². The fourth-order valence-electron chi connectivity index (χ4n) is 4.71. The molecule has 2 aromatic heterocycles. The summed E-state index contributed by atoms with van der Waals surface area (Å²) in [5.74, 6) is 0.243. The highest BCUT2D eigenvalue weighted by Crippen LogP contribution is 2.42. The van der Waals surface area contributed by atoms with Gasteiger partial charge in [-0.3, -0.25) is 4.98 Å². The normalized spacial score (nSPS) is 11.7. The number of thiazole rings is 1. The number of nitrogens with zero attached hydrogens (tertiary/aromatic N) is 2. The predicted molar refractivity (Wildman–Crippen MR) is 160 cm³/mol. The van der Waals surface area contributed by atoms with Gasteiger partial charge in [0.05, 0.1) is 21.5 Å². The number of hydrogen-bond acceptors (Lipinski definition) is 4. The van der Waals surface area contributed by atoms with Gasteiger partial charge in [-0.1, -0.05) is 69.3 Å². The number of fused-ring (bicyclic) bond motifs is 1. The maximum Gasteiger partial charge on any atom is 0.128 e. The number of hydrogen-bond donors (Lipinski definition) is 1. The Balaban J connectivity index is 1.64. The zero-order chi connectivity index (χ0) is 26.3. The molecule has 186 valence electrons. The fourth-order valence-corrected chi connectivity index (χ4v) is 5.78.